The maximum absolute atomic E-state index is 13.6. The van der Waals surface area contributed by atoms with Gasteiger partial charge in [0.1, 0.15) is 23.9 Å². The number of carbonyl (C=O) groups excluding carboxylic acids is 4. The fourth-order valence-corrected chi connectivity index (χ4v) is 5.00. The van der Waals surface area contributed by atoms with E-state index in [0.717, 1.165) is 25.7 Å². The second-order valence-electron chi connectivity index (χ2n) is 10.1. The zero-order valence-corrected chi connectivity index (χ0v) is 20.4. The van der Waals surface area contributed by atoms with E-state index in [1.165, 1.54) is 11.2 Å². The molecule has 3 heterocycles. The molecule has 10 nitrogen and oxygen atoms in total. The molecule has 1 aromatic heterocycles. The molecule has 0 unspecified atom stereocenters. The van der Waals surface area contributed by atoms with Crippen molar-refractivity contribution in [3.05, 3.63) is 30.0 Å². The number of hydrogen-bond donors (Lipinski definition) is 3. The summed E-state index contributed by atoms with van der Waals surface area (Å²) in [6, 6.07) is -1.51. The number of oxazole rings is 1. The predicted molar refractivity (Wildman–Crippen MR) is 127 cm³/mol. The lowest BCUT2D eigenvalue weighted by molar-refractivity contribution is -0.141. The van der Waals surface area contributed by atoms with Gasteiger partial charge in [0.05, 0.1) is 5.69 Å². The monoisotopic (exact) mass is 485 g/mol. The van der Waals surface area contributed by atoms with Gasteiger partial charge in [-0.05, 0) is 44.4 Å². The number of nitrogens with two attached hydrogens (primary N) is 1. The molecule has 4 rings (SSSR count). The van der Waals surface area contributed by atoms with Crippen molar-refractivity contribution in [3.63, 3.8) is 0 Å². The van der Waals surface area contributed by atoms with Gasteiger partial charge in [0.25, 0.3) is 5.89 Å². The van der Waals surface area contributed by atoms with Crippen LogP contribution in [0.3, 0.4) is 0 Å². The number of nitrogens with one attached hydrogen (secondary N) is 2. The summed E-state index contributed by atoms with van der Waals surface area (Å²) in [4.78, 5) is 57.6. The lowest BCUT2D eigenvalue weighted by atomic mass is 10.0. The Hall–Kier alpha value is -3.17. The highest BCUT2D eigenvalue weighted by Gasteiger charge is 2.59. The van der Waals surface area contributed by atoms with E-state index in [-0.39, 0.29) is 29.5 Å². The summed E-state index contributed by atoms with van der Waals surface area (Å²) in [6.07, 6.45) is 10.9. The van der Waals surface area contributed by atoms with E-state index in [2.05, 4.69) is 15.6 Å². The van der Waals surface area contributed by atoms with Crippen LogP contribution < -0.4 is 16.4 Å². The van der Waals surface area contributed by atoms with Crippen molar-refractivity contribution in [2.75, 3.05) is 6.54 Å². The van der Waals surface area contributed by atoms with E-state index in [4.69, 9.17) is 10.2 Å². The minimum Gasteiger partial charge on any atom is -0.441 e. The van der Waals surface area contributed by atoms with Gasteiger partial charge >= 0.3 is 5.91 Å². The van der Waals surface area contributed by atoms with E-state index >= 15 is 0 Å². The summed E-state index contributed by atoms with van der Waals surface area (Å²) in [5.74, 6) is -1.89. The van der Waals surface area contributed by atoms with Gasteiger partial charge in [0, 0.05) is 12.5 Å². The number of allylic oxidation sites excluding steroid dienone is 1. The van der Waals surface area contributed by atoms with Gasteiger partial charge in [-0.15, -0.1) is 0 Å². The Morgan fingerprint density at radius 3 is 2.74 bits per heavy atom. The lowest BCUT2D eigenvalue weighted by Gasteiger charge is -2.29. The normalized spacial score (nSPS) is 30.5. The van der Waals surface area contributed by atoms with Crippen molar-refractivity contribution in [3.8, 4) is 0 Å². The van der Waals surface area contributed by atoms with E-state index in [9.17, 15) is 19.2 Å². The van der Waals surface area contributed by atoms with Crippen LogP contribution in [0.4, 0.5) is 0 Å². The summed E-state index contributed by atoms with van der Waals surface area (Å²) in [5.41, 5.74) is 5.23. The maximum Gasteiger partial charge on any atom is 0.307 e. The van der Waals surface area contributed by atoms with Crippen LogP contribution in [0.25, 0.3) is 0 Å². The zero-order chi connectivity index (χ0) is 25.2. The van der Waals surface area contributed by atoms with Gasteiger partial charge in [0.2, 0.25) is 17.7 Å². The molecule has 2 fully saturated rings. The number of carbonyl (C=O) groups is 4. The Kier molecular flexibility index (Phi) is 7.28. The molecule has 0 radical (unpaired) electrons. The van der Waals surface area contributed by atoms with Crippen molar-refractivity contribution in [1.29, 1.82) is 0 Å². The minimum absolute atomic E-state index is 0.0820. The van der Waals surface area contributed by atoms with Crippen LogP contribution in [0.5, 0.6) is 0 Å². The highest BCUT2D eigenvalue weighted by atomic mass is 16.4. The van der Waals surface area contributed by atoms with Crippen LogP contribution >= 0.6 is 0 Å². The molecule has 4 atom stereocenters. The third kappa shape index (κ3) is 5.26. The summed E-state index contributed by atoms with van der Waals surface area (Å²) in [7, 11) is 0. The molecule has 0 spiro atoms. The molecule has 1 aliphatic carbocycles. The summed E-state index contributed by atoms with van der Waals surface area (Å²) < 4.78 is 5.34. The van der Waals surface area contributed by atoms with Crippen LogP contribution in [-0.4, -0.2) is 57.7 Å². The molecule has 4 amide bonds. The molecule has 10 heteroatoms. The highest BCUT2D eigenvalue weighted by molar-refractivity contribution is 5.98. The maximum atomic E-state index is 13.6. The van der Waals surface area contributed by atoms with Gasteiger partial charge in [-0.2, -0.15) is 0 Å². The second-order valence-corrected chi connectivity index (χ2v) is 10.1. The molecule has 35 heavy (non-hydrogen) atoms. The SMILES string of the molecule is CC(C)c1coc(C(=O)N[C@H]2CCCCC/C=C\[C@@H]3C[C@@]3(C(N)=O)NC(=O)[C@@H]3CCCN3C2=O)n1. The summed E-state index contributed by atoms with van der Waals surface area (Å²) in [5, 5.41) is 5.65. The Morgan fingerprint density at radius 2 is 2.03 bits per heavy atom. The number of amides is 4. The lowest BCUT2D eigenvalue weighted by Crippen LogP contribution is -2.57. The molecular formula is C25H35N5O5. The standard InChI is InChI=1S/C25H35N5O5/c1-15(2)18-14-35-22(28-18)21(32)27-17-10-7-5-3-4-6-9-16-13-25(16,24(26)34)29-20(31)19-11-8-12-30(19)23(17)33/h6,9,14-17,19H,3-5,7-8,10-13H2,1-2H3,(H2,26,34)(H,27,32)(H,29,31)/b9-6-/t16-,17+,19+,25-/m1/s1. The van der Waals surface area contributed by atoms with Gasteiger partial charge < -0.3 is 25.7 Å². The molecule has 0 aromatic carbocycles. The van der Waals surface area contributed by atoms with Crippen molar-refractivity contribution in [2.24, 2.45) is 11.7 Å². The zero-order valence-electron chi connectivity index (χ0n) is 20.4. The average Bonchev–Trinajstić information content (AvgIpc) is 3.19. The first-order chi connectivity index (χ1) is 16.7. The van der Waals surface area contributed by atoms with Gasteiger partial charge in [-0.3, -0.25) is 19.2 Å². The molecule has 0 bridgehead atoms. The summed E-state index contributed by atoms with van der Waals surface area (Å²) >= 11 is 0. The van der Waals surface area contributed by atoms with Gasteiger partial charge in [-0.25, -0.2) is 4.98 Å². The van der Waals surface area contributed by atoms with Crippen molar-refractivity contribution >= 4 is 23.6 Å². The van der Waals surface area contributed by atoms with Crippen LogP contribution in [-0.2, 0) is 14.4 Å². The quantitative estimate of drug-likeness (QED) is 0.554. The Morgan fingerprint density at radius 1 is 1.23 bits per heavy atom. The van der Waals surface area contributed by atoms with E-state index < -0.39 is 29.4 Å². The Labute approximate surface area is 205 Å². The number of aromatic nitrogens is 1. The largest absolute Gasteiger partial charge is 0.441 e. The number of rotatable bonds is 4. The Bertz CT molecular complexity index is 1020. The predicted octanol–water partition coefficient (Wildman–Crippen LogP) is 1.77. The fourth-order valence-electron chi connectivity index (χ4n) is 5.00. The molecular weight excluding hydrogens is 450 g/mol. The molecule has 1 saturated heterocycles. The van der Waals surface area contributed by atoms with Crippen LogP contribution in [0.15, 0.2) is 22.8 Å². The molecule has 1 aromatic rings. The topological polar surface area (TPSA) is 148 Å². The third-order valence-electron chi connectivity index (χ3n) is 7.28. The highest BCUT2D eigenvalue weighted by Crippen LogP contribution is 2.45. The van der Waals surface area contributed by atoms with E-state index in [1.807, 2.05) is 26.0 Å². The number of fused-ring (bicyclic) bond motifs is 2. The number of primary amides is 1. The average molecular weight is 486 g/mol. The van der Waals surface area contributed by atoms with Crippen molar-refractivity contribution in [2.45, 2.75) is 88.8 Å². The summed E-state index contributed by atoms with van der Waals surface area (Å²) in [6.45, 7) is 4.30. The minimum atomic E-state index is -1.09. The van der Waals surface area contributed by atoms with Crippen LogP contribution in [0.1, 0.15) is 87.5 Å². The van der Waals surface area contributed by atoms with Crippen molar-refractivity contribution in [1.82, 2.24) is 20.5 Å². The van der Waals surface area contributed by atoms with Crippen LogP contribution in [0, 0.1) is 5.92 Å². The number of hydrogen-bond acceptors (Lipinski definition) is 6. The third-order valence-corrected chi connectivity index (χ3v) is 7.28. The first kappa shape index (κ1) is 24.9. The van der Waals surface area contributed by atoms with Gasteiger partial charge in [-0.1, -0.05) is 38.8 Å². The van der Waals surface area contributed by atoms with E-state index in [1.54, 1.807) is 0 Å². The molecule has 2 aliphatic heterocycles. The molecule has 3 aliphatic rings. The van der Waals surface area contributed by atoms with Crippen LogP contribution in [0.2, 0.25) is 0 Å². The van der Waals surface area contributed by atoms with Gasteiger partial charge in [0.15, 0.2) is 0 Å². The molecule has 4 N–H and O–H groups in total. The first-order valence-corrected chi connectivity index (χ1v) is 12.6. The fraction of sp³-hybridized carbons (Fsp3) is 0.640. The smallest absolute Gasteiger partial charge is 0.307 e. The molecule has 1 saturated carbocycles. The number of nitrogens with zero attached hydrogens (tertiary/aromatic N) is 2. The van der Waals surface area contributed by atoms with Crippen molar-refractivity contribution < 1.29 is 23.6 Å². The van der Waals surface area contributed by atoms with E-state index in [0.29, 0.717) is 37.9 Å². The Balaban J connectivity index is 1.53. The first-order valence-electron chi connectivity index (χ1n) is 12.6. The second kappa shape index (κ2) is 10.2. The molecule has 190 valence electrons.